The number of nitrogens with one attached hydrogen (secondary N) is 2. The Morgan fingerprint density at radius 1 is 0.976 bits per heavy atom. The lowest BCUT2D eigenvalue weighted by molar-refractivity contribution is -0.384. The summed E-state index contributed by atoms with van der Waals surface area (Å²) >= 11 is 1.14. The summed E-state index contributed by atoms with van der Waals surface area (Å²) in [6.07, 6.45) is -4.33. The van der Waals surface area contributed by atoms with E-state index in [-0.39, 0.29) is 30.4 Å². The molecule has 2 N–H and O–H groups in total. The molecule has 0 bridgehead atoms. The standard InChI is InChI=1S/C30H24F3N5O3S/c31-30(32,33)22-12-13-25(27(16-22)38(40)41)35-14-7-15-36-28(39)19-42-29-24(18-34)23(20-8-3-1-4-9-20)17-26(37-29)21-10-5-2-6-11-21/h1-6,8-13,16-17,35H,7,14-15,19H2,(H,36,39). The molecule has 0 saturated heterocycles. The number of nitro groups is 1. The van der Waals surface area contributed by atoms with E-state index in [4.69, 9.17) is 0 Å². The Morgan fingerprint density at radius 3 is 2.26 bits per heavy atom. The average Bonchev–Trinajstić information content (AvgIpc) is 2.99. The van der Waals surface area contributed by atoms with Crippen molar-refractivity contribution in [2.45, 2.75) is 17.6 Å². The zero-order chi connectivity index (χ0) is 30.1. The quantitative estimate of drug-likeness (QED) is 0.0840. The van der Waals surface area contributed by atoms with Gasteiger partial charge in [-0.3, -0.25) is 14.9 Å². The Hall–Kier alpha value is -4.89. The van der Waals surface area contributed by atoms with Crippen LogP contribution in [0.15, 0.2) is 90.0 Å². The fourth-order valence-corrected chi connectivity index (χ4v) is 4.90. The van der Waals surface area contributed by atoms with Gasteiger partial charge in [-0.25, -0.2) is 4.98 Å². The molecule has 0 spiro atoms. The number of hydrogen-bond acceptors (Lipinski definition) is 7. The van der Waals surface area contributed by atoms with Crippen LogP contribution in [-0.2, 0) is 11.0 Å². The number of halogens is 3. The summed E-state index contributed by atoms with van der Waals surface area (Å²) in [6.45, 7) is 0.401. The van der Waals surface area contributed by atoms with Crippen molar-refractivity contribution in [1.29, 1.82) is 5.26 Å². The molecule has 1 aromatic heterocycles. The van der Waals surface area contributed by atoms with Gasteiger partial charge in [-0.05, 0) is 30.2 Å². The van der Waals surface area contributed by atoms with Crippen LogP contribution < -0.4 is 10.6 Å². The first-order valence-corrected chi connectivity index (χ1v) is 13.7. The number of thioether (sulfide) groups is 1. The third kappa shape index (κ3) is 7.64. The number of pyridine rings is 1. The number of aromatic nitrogens is 1. The van der Waals surface area contributed by atoms with Gasteiger partial charge in [0.2, 0.25) is 5.91 Å². The lowest BCUT2D eigenvalue weighted by Crippen LogP contribution is -2.27. The topological polar surface area (TPSA) is 121 Å². The monoisotopic (exact) mass is 591 g/mol. The summed E-state index contributed by atoms with van der Waals surface area (Å²) in [5.74, 6) is -0.316. The molecule has 0 aliphatic carbocycles. The second-order valence-corrected chi connectivity index (χ2v) is 9.95. The first-order valence-electron chi connectivity index (χ1n) is 12.7. The van der Waals surface area contributed by atoms with Crippen LogP contribution in [0.4, 0.5) is 24.5 Å². The van der Waals surface area contributed by atoms with Crippen LogP contribution in [0.1, 0.15) is 17.5 Å². The Labute approximate surface area is 243 Å². The van der Waals surface area contributed by atoms with Crippen LogP contribution in [0, 0.1) is 21.4 Å². The van der Waals surface area contributed by atoms with Gasteiger partial charge in [0.25, 0.3) is 5.69 Å². The largest absolute Gasteiger partial charge is 0.416 e. The lowest BCUT2D eigenvalue weighted by Gasteiger charge is -2.13. The summed E-state index contributed by atoms with van der Waals surface area (Å²) in [5, 5.41) is 27.1. The molecule has 1 heterocycles. The van der Waals surface area contributed by atoms with E-state index < -0.39 is 22.4 Å². The van der Waals surface area contributed by atoms with Gasteiger partial charge in [0, 0.05) is 30.3 Å². The highest BCUT2D eigenvalue weighted by Gasteiger charge is 2.33. The molecule has 4 rings (SSSR count). The number of hydrogen-bond donors (Lipinski definition) is 2. The minimum atomic E-state index is -4.69. The number of alkyl halides is 3. The van der Waals surface area contributed by atoms with E-state index in [2.05, 4.69) is 21.7 Å². The van der Waals surface area contributed by atoms with Crippen LogP contribution in [0.2, 0.25) is 0 Å². The Morgan fingerprint density at radius 2 is 1.64 bits per heavy atom. The maximum absolute atomic E-state index is 12.9. The van der Waals surface area contributed by atoms with Crippen LogP contribution in [0.3, 0.4) is 0 Å². The number of nitro benzene ring substituents is 1. The van der Waals surface area contributed by atoms with Crippen molar-refractivity contribution < 1.29 is 22.9 Å². The van der Waals surface area contributed by atoms with Gasteiger partial charge in [0.15, 0.2) is 0 Å². The minimum absolute atomic E-state index is 0.00798. The lowest BCUT2D eigenvalue weighted by atomic mass is 9.99. The Kier molecular flexibility index (Phi) is 9.77. The summed E-state index contributed by atoms with van der Waals surface area (Å²) in [5.41, 5.74) is 1.62. The van der Waals surface area contributed by atoms with Crippen molar-refractivity contribution in [2.24, 2.45) is 0 Å². The number of carbonyl (C=O) groups excluding carboxylic acids is 1. The van der Waals surface area contributed by atoms with E-state index in [0.29, 0.717) is 34.3 Å². The molecule has 42 heavy (non-hydrogen) atoms. The summed E-state index contributed by atoms with van der Waals surface area (Å²) in [4.78, 5) is 27.6. The maximum atomic E-state index is 12.9. The Bertz CT molecular complexity index is 1610. The molecule has 12 heteroatoms. The number of benzene rings is 3. The molecular formula is C30H24F3N5O3S. The number of rotatable bonds is 11. The maximum Gasteiger partial charge on any atom is 0.416 e. The first kappa shape index (κ1) is 30.1. The molecular weight excluding hydrogens is 567 g/mol. The molecule has 0 atom stereocenters. The van der Waals surface area contributed by atoms with Crippen LogP contribution in [0.25, 0.3) is 22.4 Å². The van der Waals surface area contributed by atoms with E-state index >= 15 is 0 Å². The van der Waals surface area contributed by atoms with E-state index in [0.717, 1.165) is 35.0 Å². The predicted molar refractivity (Wildman–Crippen MR) is 155 cm³/mol. The van der Waals surface area contributed by atoms with Gasteiger partial charge < -0.3 is 10.6 Å². The Balaban J connectivity index is 1.38. The van der Waals surface area contributed by atoms with E-state index in [1.807, 2.05) is 66.7 Å². The van der Waals surface area contributed by atoms with Crippen LogP contribution in [0.5, 0.6) is 0 Å². The molecule has 0 saturated carbocycles. The van der Waals surface area contributed by atoms with E-state index in [1.165, 1.54) is 0 Å². The summed E-state index contributed by atoms with van der Waals surface area (Å²) < 4.78 is 38.7. The van der Waals surface area contributed by atoms with Crippen LogP contribution >= 0.6 is 11.8 Å². The van der Waals surface area contributed by atoms with Gasteiger partial charge >= 0.3 is 6.18 Å². The average molecular weight is 592 g/mol. The van der Waals surface area contributed by atoms with E-state index in [1.54, 1.807) is 0 Å². The molecule has 0 unspecified atom stereocenters. The smallest absolute Gasteiger partial charge is 0.379 e. The fraction of sp³-hybridized carbons (Fsp3) is 0.167. The molecule has 0 radical (unpaired) electrons. The molecule has 1 amide bonds. The first-order chi connectivity index (χ1) is 20.2. The zero-order valence-electron chi connectivity index (χ0n) is 22.0. The predicted octanol–water partition coefficient (Wildman–Crippen LogP) is 6.92. The SMILES string of the molecule is N#Cc1c(-c2ccccc2)cc(-c2ccccc2)nc1SCC(=O)NCCCNc1ccc(C(F)(F)F)cc1[N+](=O)[O-]. The van der Waals surface area contributed by atoms with E-state index in [9.17, 15) is 33.3 Å². The van der Waals surface area contributed by atoms with Gasteiger partial charge in [0.05, 0.1) is 27.5 Å². The second kappa shape index (κ2) is 13.6. The highest BCUT2D eigenvalue weighted by atomic mass is 32.2. The third-order valence-corrected chi connectivity index (χ3v) is 7.08. The molecule has 0 aliphatic rings. The second-order valence-electron chi connectivity index (χ2n) is 8.98. The fourth-order valence-electron chi connectivity index (χ4n) is 4.07. The number of carbonyl (C=O) groups is 1. The van der Waals surface area contributed by atoms with Gasteiger partial charge in [-0.1, -0.05) is 72.4 Å². The van der Waals surface area contributed by atoms with Crippen molar-refractivity contribution in [3.05, 3.63) is 106 Å². The molecule has 0 fully saturated rings. The molecule has 0 aliphatic heterocycles. The highest BCUT2D eigenvalue weighted by molar-refractivity contribution is 8.00. The van der Waals surface area contributed by atoms with Crippen molar-refractivity contribution in [1.82, 2.24) is 10.3 Å². The highest BCUT2D eigenvalue weighted by Crippen LogP contribution is 2.36. The van der Waals surface area contributed by atoms with Gasteiger partial charge in [-0.15, -0.1) is 0 Å². The zero-order valence-corrected chi connectivity index (χ0v) is 22.8. The van der Waals surface area contributed by atoms with Gasteiger partial charge in [-0.2, -0.15) is 18.4 Å². The molecule has 4 aromatic rings. The van der Waals surface area contributed by atoms with Crippen molar-refractivity contribution in [2.75, 3.05) is 24.2 Å². The van der Waals surface area contributed by atoms with Crippen molar-refractivity contribution in [3.63, 3.8) is 0 Å². The third-order valence-electron chi connectivity index (χ3n) is 6.11. The van der Waals surface area contributed by atoms with Crippen molar-refractivity contribution >= 4 is 29.0 Å². The normalized spacial score (nSPS) is 11.0. The minimum Gasteiger partial charge on any atom is -0.379 e. The molecule has 3 aromatic carbocycles. The number of nitriles is 1. The van der Waals surface area contributed by atoms with Crippen LogP contribution in [-0.4, -0.2) is 34.7 Å². The number of anilines is 1. The van der Waals surface area contributed by atoms with Crippen molar-refractivity contribution in [3.8, 4) is 28.5 Å². The number of amides is 1. The van der Waals surface area contributed by atoms with Gasteiger partial charge in [0.1, 0.15) is 16.8 Å². The number of nitrogens with zero attached hydrogens (tertiary/aromatic N) is 3. The summed E-state index contributed by atoms with van der Waals surface area (Å²) in [7, 11) is 0. The molecule has 8 nitrogen and oxygen atoms in total. The molecule has 214 valence electrons. The summed E-state index contributed by atoms with van der Waals surface area (Å²) in [6, 6.07) is 25.3.